The second-order valence-electron chi connectivity index (χ2n) is 6.31. The van der Waals surface area contributed by atoms with Gasteiger partial charge >= 0.3 is 11.9 Å². The van der Waals surface area contributed by atoms with Gasteiger partial charge in [0.2, 0.25) is 5.88 Å². The number of ether oxygens (including phenoxy) is 3. The molecule has 29 heavy (non-hydrogen) atoms. The van der Waals surface area contributed by atoms with Crippen molar-refractivity contribution in [1.82, 2.24) is 5.16 Å². The Kier molecular flexibility index (Phi) is 8.23. The maximum atomic E-state index is 11.5. The summed E-state index contributed by atoms with van der Waals surface area (Å²) in [4.78, 5) is 33.8. The third-order valence-corrected chi connectivity index (χ3v) is 4.10. The van der Waals surface area contributed by atoms with Crippen molar-refractivity contribution in [3.8, 4) is 0 Å². The number of benzene rings is 1. The Morgan fingerprint density at radius 2 is 2.07 bits per heavy atom. The molecule has 2 atom stereocenters. The van der Waals surface area contributed by atoms with E-state index in [0.717, 1.165) is 18.4 Å². The van der Waals surface area contributed by atoms with Gasteiger partial charge in [-0.1, -0.05) is 36.4 Å². The topological polar surface area (TPSA) is 134 Å². The second kappa shape index (κ2) is 10.9. The zero-order valence-corrected chi connectivity index (χ0v) is 16.1. The number of carbonyl (C=O) groups is 2. The number of carbonyl (C=O) groups excluding carboxylic acids is 2. The summed E-state index contributed by atoms with van der Waals surface area (Å²) in [6.07, 6.45) is 3.30. The average molecular weight is 404 g/mol. The van der Waals surface area contributed by atoms with E-state index in [9.17, 15) is 14.4 Å². The van der Waals surface area contributed by atoms with Gasteiger partial charge in [-0.25, -0.2) is 4.79 Å². The van der Waals surface area contributed by atoms with E-state index in [4.69, 9.17) is 19.9 Å². The second-order valence-corrected chi connectivity index (χ2v) is 6.31. The van der Waals surface area contributed by atoms with Gasteiger partial charge in [0, 0.05) is 20.0 Å². The monoisotopic (exact) mass is 404 g/mol. The molecule has 0 saturated carbocycles. The van der Waals surface area contributed by atoms with Crippen LogP contribution in [0.4, 0.5) is 5.88 Å². The molecule has 1 aromatic carbocycles. The summed E-state index contributed by atoms with van der Waals surface area (Å²) >= 11 is 0. The number of nitrogens with two attached hydrogens (primary N) is 1. The molecule has 0 radical (unpaired) electrons. The molecule has 3 N–H and O–H groups in total. The fraction of sp³-hybridized carbons (Fsp3) is 0.350. The van der Waals surface area contributed by atoms with Crippen LogP contribution in [-0.2, 0) is 25.6 Å². The molecule has 9 nitrogen and oxygen atoms in total. The number of hydrogen-bond donors (Lipinski definition) is 2. The Morgan fingerprint density at radius 3 is 2.66 bits per heavy atom. The summed E-state index contributed by atoms with van der Waals surface area (Å²) in [5.74, 6) is -1.28. The van der Waals surface area contributed by atoms with Crippen molar-refractivity contribution < 1.29 is 28.3 Å². The maximum absolute atomic E-state index is 11.5. The van der Waals surface area contributed by atoms with Gasteiger partial charge in [-0.2, -0.15) is 5.16 Å². The van der Waals surface area contributed by atoms with Crippen LogP contribution in [0.1, 0.15) is 28.8 Å². The smallest absolute Gasteiger partial charge is 0.349 e. The lowest BCUT2D eigenvalue weighted by Gasteiger charge is -2.03. The number of cyclic esters (lactones) is 1. The highest BCUT2D eigenvalue weighted by Gasteiger charge is 2.33. The lowest BCUT2D eigenvalue weighted by atomic mass is 10.0. The number of methoxy groups -OCH3 is 1. The quantitative estimate of drug-likeness (QED) is 0.529. The minimum Gasteiger partial charge on any atom is -0.462 e. The summed E-state index contributed by atoms with van der Waals surface area (Å²) in [5, 5.41) is 1.96. The van der Waals surface area contributed by atoms with Crippen molar-refractivity contribution in [2.24, 2.45) is 5.92 Å². The van der Waals surface area contributed by atoms with Crippen molar-refractivity contribution in [2.75, 3.05) is 19.5 Å². The number of aromatic amines is 1. The van der Waals surface area contributed by atoms with Gasteiger partial charge in [0.1, 0.15) is 12.7 Å². The first-order valence-electron chi connectivity index (χ1n) is 8.94. The molecule has 156 valence electrons. The van der Waals surface area contributed by atoms with Gasteiger partial charge in [0.25, 0.3) is 5.56 Å². The molecular weight excluding hydrogens is 380 g/mol. The van der Waals surface area contributed by atoms with E-state index in [1.165, 1.54) is 0 Å². The van der Waals surface area contributed by atoms with Crippen molar-refractivity contribution in [2.45, 2.75) is 25.6 Å². The molecule has 1 aliphatic heterocycles. The highest BCUT2D eigenvalue weighted by molar-refractivity contribution is 5.93. The number of rotatable bonds is 7. The number of nitrogens with one attached hydrogen (secondary N) is 1. The van der Waals surface area contributed by atoms with Gasteiger partial charge in [0.05, 0.1) is 12.5 Å². The molecule has 1 aromatic heterocycles. The molecule has 2 aromatic rings. The summed E-state index contributed by atoms with van der Waals surface area (Å²) in [5.41, 5.74) is 5.13. The molecule has 1 saturated heterocycles. The molecule has 0 spiro atoms. The van der Waals surface area contributed by atoms with Crippen molar-refractivity contribution in [3.63, 3.8) is 0 Å². The molecule has 3 rings (SSSR count). The van der Waals surface area contributed by atoms with Crippen LogP contribution >= 0.6 is 0 Å². The lowest BCUT2D eigenvalue weighted by Crippen LogP contribution is -2.16. The largest absolute Gasteiger partial charge is 0.462 e. The van der Waals surface area contributed by atoms with Crippen LogP contribution in [0.3, 0.4) is 0 Å². The van der Waals surface area contributed by atoms with E-state index < -0.39 is 11.5 Å². The van der Waals surface area contributed by atoms with Crippen LogP contribution < -0.4 is 11.3 Å². The van der Waals surface area contributed by atoms with E-state index in [-0.39, 0.29) is 36.0 Å². The van der Waals surface area contributed by atoms with E-state index in [0.29, 0.717) is 6.61 Å². The average Bonchev–Trinajstić information content (AvgIpc) is 3.23. The third kappa shape index (κ3) is 6.35. The number of H-pyrrole nitrogens is 1. The molecule has 0 amide bonds. The zero-order chi connectivity index (χ0) is 21.2. The van der Waals surface area contributed by atoms with Gasteiger partial charge in [0.15, 0.2) is 5.56 Å². The molecule has 1 fully saturated rings. The van der Waals surface area contributed by atoms with E-state index in [1.54, 1.807) is 25.3 Å². The first kappa shape index (κ1) is 22.0. The predicted molar refractivity (Wildman–Crippen MR) is 104 cm³/mol. The van der Waals surface area contributed by atoms with Gasteiger partial charge < -0.3 is 24.5 Å². The first-order chi connectivity index (χ1) is 14.0. The SMILES string of the molecule is C=CCC1CC(COC)C(=O)O1.Nc1o[nH]c(=O)c1C(=O)OCc1ccccc1. The Hall–Kier alpha value is -3.33. The van der Waals surface area contributed by atoms with E-state index in [2.05, 4.69) is 11.1 Å². The van der Waals surface area contributed by atoms with Crippen LogP contribution in [0.25, 0.3) is 0 Å². The van der Waals surface area contributed by atoms with E-state index >= 15 is 0 Å². The minimum atomic E-state index is -0.804. The normalized spacial score (nSPS) is 17.8. The molecule has 1 aliphatic rings. The number of aromatic nitrogens is 1. The van der Waals surface area contributed by atoms with Crippen LogP contribution in [-0.4, -0.2) is 36.9 Å². The predicted octanol–water partition coefficient (Wildman–Crippen LogP) is 2.05. The van der Waals surface area contributed by atoms with Crippen LogP contribution in [0, 0.1) is 5.92 Å². The van der Waals surface area contributed by atoms with Crippen molar-refractivity contribution in [1.29, 1.82) is 0 Å². The fourth-order valence-electron chi connectivity index (χ4n) is 2.69. The summed E-state index contributed by atoms with van der Waals surface area (Å²) in [6.45, 7) is 4.14. The van der Waals surface area contributed by atoms with Gasteiger partial charge in [-0.15, -0.1) is 6.58 Å². The van der Waals surface area contributed by atoms with Crippen LogP contribution in [0.15, 0.2) is 52.3 Å². The number of nitrogen functional groups attached to an aromatic ring is 1. The van der Waals surface area contributed by atoms with Gasteiger partial charge in [-0.05, 0) is 5.56 Å². The summed E-state index contributed by atoms with van der Waals surface area (Å²) in [6, 6.07) is 9.10. The standard InChI is InChI=1S/C11H10N2O4.C9H14O3/c12-9-8(10(14)13-17-9)11(15)16-6-7-4-2-1-3-5-7;1-3-4-8-5-7(6-11-2)9(10)12-8/h1-5H,6,12H2,(H,13,14);3,7-8H,1,4-6H2,2H3. The van der Waals surface area contributed by atoms with Gasteiger partial charge in [-0.3, -0.25) is 9.59 Å². The molecule has 2 heterocycles. The molecule has 2 unspecified atom stereocenters. The van der Waals surface area contributed by atoms with Crippen LogP contribution in [0.2, 0.25) is 0 Å². The first-order valence-corrected chi connectivity index (χ1v) is 8.94. The fourth-order valence-corrected chi connectivity index (χ4v) is 2.69. The highest BCUT2D eigenvalue weighted by atomic mass is 16.6. The van der Waals surface area contributed by atoms with Crippen LogP contribution in [0.5, 0.6) is 0 Å². The lowest BCUT2D eigenvalue weighted by molar-refractivity contribution is -0.145. The number of hydrogen-bond acceptors (Lipinski definition) is 8. The Morgan fingerprint density at radius 1 is 1.34 bits per heavy atom. The number of esters is 2. The third-order valence-electron chi connectivity index (χ3n) is 4.10. The maximum Gasteiger partial charge on any atom is 0.349 e. The summed E-state index contributed by atoms with van der Waals surface area (Å²) < 4.78 is 19.4. The van der Waals surface area contributed by atoms with Crippen molar-refractivity contribution >= 4 is 17.8 Å². The Balaban J connectivity index is 0.000000221. The molecular formula is C20H24N2O7. The van der Waals surface area contributed by atoms with E-state index in [1.807, 2.05) is 23.4 Å². The summed E-state index contributed by atoms with van der Waals surface area (Å²) in [7, 11) is 1.59. The highest BCUT2D eigenvalue weighted by Crippen LogP contribution is 2.23. The minimum absolute atomic E-state index is 0.0233. The molecule has 9 heteroatoms. The Labute approximate surface area is 167 Å². The number of anilines is 1. The van der Waals surface area contributed by atoms with Crippen molar-refractivity contribution in [3.05, 3.63) is 64.5 Å². The zero-order valence-electron chi connectivity index (χ0n) is 16.1. The molecule has 0 aliphatic carbocycles. The molecule has 0 bridgehead atoms. The Bertz CT molecular complexity index is 872.